The number of hydrogen-bond donors (Lipinski definition) is 0. The molecule has 0 bridgehead atoms. The summed E-state index contributed by atoms with van der Waals surface area (Å²) in [6.07, 6.45) is 12.0. The van der Waals surface area contributed by atoms with Gasteiger partial charge in [0.05, 0.1) is 18.4 Å². The lowest BCUT2D eigenvalue weighted by Gasteiger charge is -2.07. The van der Waals surface area contributed by atoms with Crippen LogP contribution in [-0.4, -0.2) is 30.7 Å². The normalized spacial score (nSPS) is 15.1. The summed E-state index contributed by atoms with van der Waals surface area (Å²) in [6.45, 7) is 7.36. The SMILES string of the molecule is CC.CC/C(=N\OCC(/C=C\CBr)=C(/C)F)C1=CCC=CC(C(=O)OC)=C1. The van der Waals surface area contributed by atoms with Gasteiger partial charge in [-0.05, 0) is 31.4 Å². The largest absolute Gasteiger partial charge is 0.465 e. The zero-order valence-corrected chi connectivity index (χ0v) is 18.3. The number of allylic oxidation sites excluding steroid dienone is 6. The van der Waals surface area contributed by atoms with Gasteiger partial charge < -0.3 is 9.57 Å². The van der Waals surface area contributed by atoms with Crippen molar-refractivity contribution in [2.75, 3.05) is 19.0 Å². The van der Waals surface area contributed by atoms with E-state index in [1.165, 1.54) is 14.0 Å². The van der Waals surface area contributed by atoms with Crippen molar-refractivity contribution >= 4 is 27.6 Å². The lowest BCUT2D eigenvalue weighted by Crippen LogP contribution is -2.06. The first-order valence-electron chi connectivity index (χ1n) is 8.97. The van der Waals surface area contributed by atoms with E-state index in [1.807, 2.05) is 32.9 Å². The van der Waals surface area contributed by atoms with Gasteiger partial charge in [0.2, 0.25) is 0 Å². The summed E-state index contributed by atoms with van der Waals surface area (Å²) >= 11 is 3.25. The molecule has 0 aliphatic heterocycles. The number of carbonyl (C=O) groups excluding carboxylic acids is 1. The number of halogens is 2. The number of methoxy groups -OCH3 is 1. The van der Waals surface area contributed by atoms with Crippen molar-refractivity contribution in [1.29, 1.82) is 0 Å². The molecule has 0 saturated heterocycles. The minimum Gasteiger partial charge on any atom is -0.465 e. The highest BCUT2D eigenvalue weighted by Crippen LogP contribution is 2.16. The van der Waals surface area contributed by atoms with Crippen LogP contribution in [0.25, 0.3) is 0 Å². The standard InChI is InChI=1S/C19H23BrFNO3.C2H6/c1-4-18(22-25-13-17(14(2)21)10-7-11-20)15-8-5-6-9-16(12-15)19(23)24-3;1-2/h6-10,12H,4-5,11,13H2,1-3H3;1-2H3/b10-7-,17-14-,22-18+;. The number of rotatable bonds is 8. The number of hydrogen-bond acceptors (Lipinski definition) is 4. The number of carbonyl (C=O) groups is 1. The molecule has 0 amide bonds. The Bertz CT molecular complexity index is 654. The molecule has 27 heavy (non-hydrogen) atoms. The molecule has 0 N–H and O–H groups in total. The van der Waals surface area contributed by atoms with Crippen molar-refractivity contribution in [1.82, 2.24) is 0 Å². The van der Waals surface area contributed by atoms with Crippen LogP contribution in [-0.2, 0) is 14.4 Å². The van der Waals surface area contributed by atoms with E-state index in [0.29, 0.717) is 35.0 Å². The fraction of sp³-hybridized carbons (Fsp3) is 0.429. The summed E-state index contributed by atoms with van der Waals surface area (Å²) in [7, 11) is 1.34. The molecule has 0 atom stereocenters. The smallest absolute Gasteiger partial charge is 0.337 e. The van der Waals surface area contributed by atoms with Crippen LogP contribution in [0.1, 0.15) is 40.5 Å². The first-order valence-corrected chi connectivity index (χ1v) is 10.1. The molecule has 1 aliphatic carbocycles. The average molecular weight is 442 g/mol. The van der Waals surface area contributed by atoms with Crippen LogP contribution in [0.15, 0.2) is 64.2 Å². The van der Waals surface area contributed by atoms with Crippen LogP contribution < -0.4 is 0 Å². The molecule has 0 heterocycles. The summed E-state index contributed by atoms with van der Waals surface area (Å²) < 4.78 is 18.3. The Morgan fingerprint density at radius 3 is 2.63 bits per heavy atom. The zero-order valence-electron chi connectivity index (χ0n) is 16.7. The molecular weight excluding hydrogens is 413 g/mol. The Morgan fingerprint density at radius 2 is 2.07 bits per heavy atom. The molecule has 0 radical (unpaired) electrons. The summed E-state index contributed by atoms with van der Waals surface area (Å²) in [5.74, 6) is -0.713. The van der Waals surface area contributed by atoms with Crippen LogP contribution >= 0.6 is 15.9 Å². The quantitative estimate of drug-likeness (QED) is 0.153. The molecule has 150 valence electrons. The lowest BCUT2D eigenvalue weighted by atomic mass is 10.1. The van der Waals surface area contributed by atoms with Crippen molar-refractivity contribution in [3.8, 4) is 0 Å². The average Bonchev–Trinajstić information content (AvgIpc) is 2.94. The van der Waals surface area contributed by atoms with Crippen LogP contribution in [0, 0.1) is 0 Å². The van der Waals surface area contributed by atoms with Crippen molar-refractivity contribution in [2.24, 2.45) is 5.16 Å². The van der Waals surface area contributed by atoms with Gasteiger partial charge in [-0.3, -0.25) is 0 Å². The van der Waals surface area contributed by atoms with Crippen LogP contribution in [0.4, 0.5) is 4.39 Å². The predicted octanol–water partition coefficient (Wildman–Crippen LogP) is 5.98. The minimum absolute atomic E-state index is 0.0361. The Labute approximate surface area is 170 Å². The maximum absolute atomic E-state index is 13.5. The molecule has 0 fully saturated rings. The van der Waals surface area contributed by atoms with Crippen molar-refractivity contribution in [3.63, 3.8) is 0 Å². The number of esters is 1. The first kappa shape index (κ1) is 25.1. The summed E-state index contributed by atoms with van der Waals surface area (Å²) in [5, 5.41) is 4.77. The Morgan fingerprint density at radius 1 is 1.37 bits per heavy atom. The van der Waals surface area contributed by atoms with Crippen LogP contribution in [0.2, 0.25) is 0 Å². The molecule has 0 aromatic carbocycles. The third-order valence-corrected chi connectivity index (χ3v) is 3.79. The van der Waals surface area contributed by atoms with Crippen molar-refractivity contribution < 1.29 is 18.8 Å². The van der Waals surface area contributed by atoms with Gasteiger partial charge in [-0.1, -0.05) is 72.2 Å². The Hall–Kier alpha value is -1.95. The van der Waals surface area contributed by atoms with E-state index in [9.17, 15) is 9.18 Å². The van der Waals surface area contributed by atoms with E-state index in [4.69, 9.17) is 9.57 Å². The van der Waals surface area contributed by atoms with E-state index in [1.54, 1.807) is 24.3 Å². The van der Waals surface area contributed by atoms with E-state index >= 15 is 0 Å². The lowest BCUT2D eigenvalue weighted by molar-refractivity contribution is -0.135. The zero-order chi connectivity index (χ0) is 20.7. The van der Waals surface area contributed by atoms with Gasteiger partial charge in [0.25, 0.3) is 0 Å². The number of oxime groups is 1. The Kier molecular flexibility index (Phi) is 14.0. The molecule has 0 spiro atoms. The van der Waals surface area contributed by atoms with E-state index in [0.717, 1.165) is 5.57 Å². The highest BCUT2D eigenvalue weighted by atomic mass is 79.9. The number of ether oxygens (including phenoxy) is 1. The van der Waals surface area contributed by atoms with Crippen molar-refractivity contribution in [3.05, 3.63) is 59.0 Å². The summed E-state index contributed by atoms with van der Waals surface area (Å²) in [4.78, 5) is 17.1. The second-order valence-electron chi connectivity index (χ2n) is 5.17. The number of alkyl halides is 1. The molecule has 1 aliphatic rings. The fourth-order valence-corrected chi connectivity index (χ4v) is 2.25. The fourth-order valence-electron chi connectivity index (χ4n) is 2.06. The molecule has 6 heteroatoms. The summed E-state index contributed by atoms with van der Waals surface area (Å²) in [5.41, 5.74) is 2.37. The molecule has 1 rings (SSSR count). The molecule has 4 nitrogen and oxygen atoms in total. The molecule has 0 aromatic rings. The minimum atomic E-state index is -0.404. The molecule has 0 aromatic heterocycles. The van der Waals surface area contributed by atoms with E-state index < -0.39 is 5.97 Å². The maximum atomic E-state index is 13.5. The maximum Gasteiger partial charge on any atom is 0.337 e. The molecule has 0 saturated carbocycles. The van der Waals surface area contributed by atoms with Gasteiger partial charge in [0.1, 0.15) is 12.4 Å². The van der Waals surface area contributed by atoms with E-state index in [2.05, 4.69) is 21.1 Å². The third-order valence-electron chi connectivity index (χ3n) is 3.42. The van der Waals surface area contributed by atoms with E-state index in [-0.39, 0.29) is 12.4 Å². The first-order chi connectivity index (χ1) is 13.0. The second-order valence-corrected chi connectivity index (χ2v) is 5.82. The highest BCUT2D eigenvalue weighted by Gasteiger charge is 2.12. The van der Waals surface area contributed by atoms with Gasteiger partial charge in [0.15, 0.2) is 0 Å². The van der Waals surface area contributed by atoms with Gasteiger partial charge in [0, 0.05) is 10.9 Å². The van der Waals surface area contributed by atoms with Crippen molar-refractivity contribution in [2.45, 2.75) is 40.5 Å². The monoisotopic (exact) mass is 441 g/mol. The predicted molar refractivity (Wildman–Crippen MR) is 114 cm³/mol. The third kappa shape index (κ3) is 9.52. The van der Waals surface area contributed by atoms with Gasteiger partial charge >= 0.3 is 5.97 Å². The molecule has 0 unspecified atom stereocenters. The van der Waals surface area contributed by atoms with Gasteiger partial charge in [-0.2, -0.15) is 0 Å². The topological polar surface area (TPSA) is 47.9 Å². The molecular formula is C21H29BrFNO3. The van der Waals surface area contributed by atoms with Gasteiger partial charge in [-0.15, -0.1) is 0 Å². The van der Waals surface area contributed by atoms with Crippen LogP contribution in [0.5, 0.6) is 0 Å². The Balaban J connectivity index is 0.00000326. The van der Waals surface area contributed by atoms with Crippen LogP contribution in [0.3, 0.4) is 0 Å². The number of nitrogens with zero attached hydrogens (tertiary/aromatic N) is 1. The highest BCUT2D eigenvalue weighted by molar-refractivity contribution is 9.09. The van der Waals surface area contributed by atoms with Gasteiger partial charge in [-0.25, -0.2) is 9.18 Å². The second kappa shape index (κ2) is 15.1. The summed E-state index contributed by atoms with van der Waals surface area (Å²) in [6, 6.07) is 0.